The highest BCUT2D eigenvalue weighted by molar-refractivity contribution is 5.57. The Hall–Kier alpha value is -1.69. The van der Waals surface area contributed by atoms with Gasteiger partial charge in [-0.3, -0.25) is 0 Å². The number of methoxy groups -OCH3 is 1. The lowest BCUT2D eigenvalue weighted by Gasteiger charge is -2.10. The molecule has 0 atom stereocenters. The van der Waals surface area contributed by atoms with Crippen LogP contribution in [0.3, 0.4) is 0 Å². The molecule has 0 radical (unpaired) electrons. The van der Waals surface area contributed by atoms with Crippen molar-refractivity contribution in [2.24, 2.45) is 0 Å². The number of nitriles is 1. The summed E-state index contributed by atoms with van der Waals surface area (Å²) in [5.41, 5.74) is 1.86. The molecule has 3 heteroatoms. The highest BCUT2D eigenvalue weighted by Crippen LogP contribution is 2.34. The molecule has 3 nitrogen and oxygen atoms in total. The second-order valence-corrected chi connectivity index (χ2v) is 2.86. The second kappa shape index (κ2) is 3.36. The number of rotatable bonds is 1. The smallest absolute Gasteiger partial charge is 0.164 e. The Balaban J connectivity index is 3.50. The average molecular weight is 177 g/mol. The Kier molecular flexibility index (Phi) is 2.43. The summed E-state index contributed by atoms with van der Waals surface area (Å²) in [5.74, 6) is 0.496. The predicted octanol–water partition coefficient (Wildman–Crippen LogP) is 1.89. The van der Waals surface area contributed by atoms with Crippen LogP contribution in [-0.2, 0) is 0 Å². The number of aryl methyl sites for hydroxylation is 1. The van der Waals surface area contributed by atoms with Crippen molar-refractivity contribution in [3.8, 4) is 17.6 Å². The number of aromatic hydroxyl groups is 1. The van der Waals surface area contributed by atoms with Crippen LogP contribution < -0.4 is 4.74 Å². The number of phenolic OH excluding ortho intramolecular Hbond substituents is 1. The van der Waals surface area contributed by atoms with Crippen molar-refractivity contribution >= 4 is 0 Å². The number of phenols is 1. The molecule has 0 saturated heterocycles. The van der Waals surface area contributed by atoms with Gasteiger partial charge in [-0.25, -0.2) is 0 Å². The molecular weight excluding hydrogens is 166 g/mol. The molecule has 0 amide bonds. The van der Waals surface area contributed by atoms with Gasteiger partial charge < -0.3 is 9.84 Å². The van der Waals surface area contributed by atoms with Crippen LogP contribution in [0.1, 0.15) is 16.7 Å². The second-order valence-electron chi connectivity index (χ2n) is 2.86. The van der Waals surface area contributed by atoms with E-state index in [2.05, 4.69) is 0 Å². The van der Waals surface area contributed by atoms with Crippen LogP contribution in [0, 0.1) is 25.2 Å². The van der Waals surface area contributed by atoms with E-state index in [9.17, 15) is 5.11 Å². The molecule has 0 aromatic heterocycles. The minimum Gasteiger partial charge on any atom is -0.504 e. The third-order valence-corrected chi connectivity index (χ3v) is 2.02. The topological polar surface area (TPSA) is 53.2 Å². The van der Waals surface area contributed by atoms with Crippen molar-refractivity contribution in [3.63, 3.8) is 0 Å². The number of hydrogen-bond donors (Lipinski definition) is 1. The molecule has 0 fully saturated rings. The van der Waals surface area contributed by atoms with Gasteiger partial charge in [0, 0.05) is 5.56 Å². The molecule has 0 saturated carbocycles. The van der Waals surface area contributed by atoms with E-state index in [1.54, 1.807) is 19.9 Å². The maximum Gasteiger partial charge on any atom is 0.164 e. The zero-order valence-electron chi connectivity index (χ0n) is 7.88. The highest BCUT2D eigenvalue weighted by Gasteiger charge is 2.12. The lowest BCUT2D eigenvalue weighted by atomic mass is 10.0. The summed E-state index contributed by atoms with van der Waals surface area (Å²) in [6.07, 6.45) is 0. The van der Waals surface area contributed by atoms with Crippen molar-refractivity contribution in [3.05, 3.63) is 22.8 Å². The largest absolute Gasteiger partial charge is 0.504 e. The standard InChI is InChI=1S/C10H11NO2/c1-6-4-8(5-11)7(2)10(13-3)9(6)12/h4,12H,1-3H3. The summed E-state index contributed by atoms with van der Waals surface area (Å²) < 4.78 is 5.00. The normalized spacial score (nSPS) is 9.38. The van der Waals surface area contributed by atoms with Gasteiger partial charge in [0.15, 0.2) is 11.5 Å². The molecule has 0 unspecified atom stereocenters. The fourth-order valence-electron chi connectivity index (χ4n) is 1.24. The molecule has 0 aliphatic heterocycles. The molecule has 68 valence electrons. The van der Waals surface area contributed by atoms with Crippen molar-refractivity contribution in [2.75, 3.05) is 7.11 Å². The quantitative estimate of drug-likeness (QED) is 0.712. The molecule has 0 aliphatic rings. The maximum atomic E-state index is 9.56. The molecule has 1 aromatic rings. The Morgan fingerprint density at radius 1 is 1.46 bits per heavy atom. The Morgan fingerprint density at radius 3 is 2.54 bits per heavy atom. The monoisotopic (exact) mass is 177 g/mol. The number of nitrogens with zero attached hydrogens (tertiary/aromatic N) is 1. The van der Waals surface area contributed by atoms with Gasteiger partial charge in [0.25, 0.3) is 0 Å². The van der Waals surface area contributed by atoms with Crippen LogP contribution in [0.2, 0.25) is 0 Å². The van der Waals surface area contributed by atoms with E-state index >= 15 is 0 Å². The van der Waals surface area contributed by atoms with Gasteiger partial charge in [0.05, 0.1) is 18.7 Å². The molecule has 0 aliphatic carbocycles. The zero-order valence-corrected chi connectivity index (χ0v) is 7.88. The summed E-state index contributed by atoms with van der Waals surface area (Å²) in [6.45, 7) is 3.48. The van der Waals surface area contributed by atoms with Gasteiger partial charge in [0.1, 0.15) is 0 Å². The van der Waals surface area contributed by atoms with Crippen molar-refractivity contribution in [1.82, 2.24) is 0 Å². The van der Waals surface area contributed by atoms with Crippen molar-refractivity contribution in [1.29, 1.82) is 5.26 Å². The molecule has 0 bridgehead atoms. The van der Waals surface area contributed by atoms with Crippen LogP contribution >= 0.6 is 0 Å². The lowest BCUT2D eigenvalue weighted by Crippen LogP contribution is -1.93. The first kappa shape index (κ1) is 9.40. The van der Waals surface area contributed by atoms with Crippen LogP contribution in [0.25, 0.3) is 0 Å². The third kappa shape index (κ3) is 1.43. The summed E-state index contributed by atoms with van der Waals surface area (Å²) in [7, 11) is 1.47. The minimum atomic E-state index is 0.110. The van der Waals surface area contributed by atoms with Gasteiger partial charge in [-0.15, -0.1) is 0 Å². The van der Waals surface area contributed by atoms with E-state index in [-0.39, 0.29) is 5.75 Å². The molecule has 1 N–H and O–H groups in total. The Bertz CT molecular complexity index is 377. The van der Waals surface area contributed by atoms with Crippen molar-refractivity contribution in [2.45, 2.75) is 13.8 Å². The molecule has 13 heavy (non-hydrogen) atoms. The fourth-order valence-corrected chi connectivity index (χ4v) is 1.24. The summed E-state index contributed by atoms with van der Waals surface area (Å²) in [6, 6.07) is 3.69. The van der Waals surface area contributed by atoms with E-state index < -0.39 is 0 Å². The number of hydrogen-bond acceptors (Lipinski definition) is 3. The van der Waals surface area contributed by atoms with Gasteiger partial charge in [-0.1, -0.05) is 0 Å². The van der Waals surface area contributed by atoms with E-state index in [4.69, 9.17) is 10.00 Å². The fraction of sp³-hybridized carbons (Fsp3) is 0.300. The van der Waals surface area contributed by atoms with Crippen LogP contribution in [0.15, 0.2) is 6.07 Å². The zero-order chi connectivity index (χ0) is 10.0. The van der Waals surface area contributed by atoms with Gasteiger partial charge in [-0.2, -0.15) is 5.26 Å². The maximum absolute atomic E-state index is 9.56. The van der Waals surface area contributed by atoms with Crippen LogP contribution in [0.4, 0.5) is 0 Å². The Morgan fingerprint density at radius 2 is 2.08 bits per heavy atom. The summed E-state index contributed by atoms with van der Waals surface area (Å²) in [5, 5.41) is 18.3. The van der Waals surface area contributed by atoms with E-state index in [0.717, 1.165) is 0 Å². The van der Waals surface area contributed by atoms with Crippen LogP contribution in [-0.4, -0.2) is 12.2 Å². The first-order chi connectivity index (χ1) is 6.11. The molecule has 0 spiro atoms. The lowest BCUT2D eigenvalue weighted by molar-refractivity contribution is 0.369. The number of benzene rings is 1. The molecule has 1 rings (SSSR count). The first-order valence-corrected chi connectivity index (χ1v) is 3.89. The van der Waals surface area contributed by atoms with Gasteiger partial charge in [0.2, 0.25) is 0 Å². The first-order valence-electron chi connectivity index (χ1n) is 3.89. The van der Waals surface area contributed by atoms with Gasteiger partial charge >= 0.3 is 0 Å². The summed E-state index contributed by atoms with van der Waals surface area (Å²) in [4.78, 5) is 0. The average Bonchev–Trinajstić information content (AvgIpc) is 2.12. The van der Waals surface area contributed by atoms with Gasteiger partial charge in [-0.05, 0) is 25.5 Å². The Labute approximate surface area is 77.2 Å². The van der Waals surface area contributed by atoms with Crippen molar-refractivity contribution < 1.29 is 9.84 Å². The highest BCUT2D eigenvalue weighted by atomic mass is 16.5. The molecular formula is C10H11NO2. The third-order valence-electron chi connectivity index (χ3n) is 2.02. The van der Waals surface area contributed by atoms with E-state index in [1.807, 2.05) is 6.07 Å². The van der Waals surface area contributed by atoms with E-state index in [0.29, 0.717) is 22.4 Å². The summed E-state index contributed by atoms with van der Waals surface area (Å²) >= 11 is 0. The van der Waals surface area contributed by atoms with Crippen LogP contribution in [0.5, 0.6) is 11.5 Å². The molecule has 0 heterocycles. The SMILES string of the molecule is COc1c(C)c(C#N)cc(C)c1O. The minimum absolute atomic E-state index is 0.110. The number of ether oxygens (including phenoxy) is 1. The van der Waals surface area contributed by atoms with E-state index in [1.165, 1.54) is 7.11 Å². The molecule has 1 aromatic carbocycles. The predicted molar refractivity (Wildman–Crippen MR) is 48.8 cm³/mol.